The van der Waals surface area contributed by atoms with Gasteiger partial charge in [-0.2, -0.15) is 0 Å². The van der Waals surface area contributed by atoms with Gasteiger partial charge in [-0.3, -0.25) is 0 Å². The highest BCUT2D eigenvalue weighted by atomic mass is 15.0. The van der Waals surface area contributed by atoms with Gasteiger partial charge in [-0.15, -0.1) is 0 Å². The summed E-state index contributed by atoms with van der Waals surface area (Å²) in [6, 6.07) is 13.3. The highest BCUT2D eigenvalue weighted by Gasteiger charge is 2.08. The fourth-order valence-corrected chi connectivity index (χ4v) is 2.51. The monoisotopic (exact) mass is 256 g/mol. The molecule has 1 aromatic carbocycles. The standard InChI is InChI=1S/C17H24N2/c1-4-11-19-12-7-9-16(19)13-18-15(3)17-10-6-5-8-14(17)2/h5-10,12,15,18H,4,11,13H2,1-3H3/t15-/m1/s1. The molecule has 0 spiro atoms. The lowest BCUT2D eigenvalue weighted by atomic mass is 10.0. The van der Waals surface area contributed by atoms with Crippen LogP contribution in [0.4, 0.5) is 0 Å². The summed E-state index contributed by atoms with van der Waals surface area (Å²) in [5.41, 5.74) is 4.10. The van der Waals surface area contributed by atoms with Crippen molar-refractivity contribution in [3.8, 4) is 0 Å². The summed E-state index contributed by atoms with van der Waals surface area (Å²) in [6.07, 6.45) is 3.34. The largest absolute Gasteiger partial charge is 0.350 e. The van der Waals surface area contributed by atoms with Crippen molar-refractivity contribution in [1.82, 2.24) is 9.88 Å². The van der Waals surface area contributed by atoms with Crippen molar-refractivity contribution in [3.05, 3.63) is 59.4 Å². The Hall–Kier alpha value is -1.54. The van der Waals surface area contributed by atoms with Crippen molar-refractivity contribution in [2.75, 3.05) is 0 Å². The van der Waals surface area contributed by atoms with Crippen LogP contribution in [-0.2, 0) is 13.1 Å². The van der Waals surface area contributed by atoms with E-state index < -0.39 is 0 Å². The summed E-state index contributed by atoms with van der Waals surface area (Å²) in [6.45, 7) is 8.64. The highest BCUT2D eigenvalue weighted by molar-refractivity contribution is 5.28. The van der Waals surface area contributed by atoms with Gasteiger partial charge in [0.15, 0.2) is 0 Å². The first-order valence-corrected chi connectivity index (χ1v) is 7.15. The average molecular weight is 256 g/mol. The van der Waals surface area contributed by atoms with Crippen LogP contribution < -0.4 is 5.32 Å². The van der Waals surface area contributed by atoms with Crippen molar-refractivity contribution in [1.29, 1.82) is 0 Å². The Labute approximate surface area is 116 Å². The predicted molar refractivity (Wildman–Crippen MR) is 81.2 cm³/mol. The van der Waals surface area contributed by atoms with Crippen LogP contribution in [0.5, 0.6) is 0 Å². The topological polar surface area (TPSA) is 17.0 Å². The number of aryl methyl sites for hydroxylation is 2. The normalized spacial score (nSPS) is 12.6. The van der Waals surface area contributed by atoms with Crippen LogP contribution >= 0.6 is 0 Å². The van der Waals surface area contributed by atoms with E-state index in [0.717, 1.165) is 13.1 Å². The zero-order valence-electron chi connectivity index (χ0n) is 12.2. The first-order chi connectivity index (χ1) is 9.22. The number of hydrogen-bond donors (Lipinski definition) is 1. The van der Waals surface area contributed by atoms with Gasteiger partial charge in [0.05, 0.1) is 0 Å². The Morgan fingerprint density at radius 3 is 2.68 bits per heavy atom. The Morgan fingerprint density at radius 2 is 1.95 bits per heavy atom. The Morgan fingerprint density at radius 1 is 1.16 bits per heavy atom. The van der Waals surface area contributed by atoms with Gasteiger partial charge >= 0.3 is 0 Å². The van der Waals surface area contributed by atoms with Gasteiger partial charge < -0.3 is 9.88 Å². The third-order valence-corrected chi connectivity index (χ3v) is 3.63. The number of nitrogens with one attached hydrogen (secondary N) is 1. The number of benzene rings is 1. The molecule has 0 radical (unpaired) electrons. The molecular weight excluding hydrogens is 232 g/mol. The molecule has 0 fully saturated rings. The second kappa shape index (κ2) is 6.58. The van der Waals surface area contributed by atoms with Gasteiger partial charge in [0.2, 0.25) is 0 Å². The van der Waals surface area contributed by atoms with Crippen LogP contribution in [0.25, 0.3) is 0 Å². The summed E-state index contributed by atoms with van der Waals surface area (Å²) < 4.78 is 2.33. The van der Waals surface area contributed by atoms with Gasteiger partial charge in [-0.1, -0.05) is 31.2 Å². The molecule has 0 unspecified atom stereocenters. The Bertz CT molecular complexity index is 513. The molecule has 0 aliphatic carbocycles. The predicted octanol–water partition coefficient (Wildman–Crippen LogP) is 4.06. The maximum Gasteiger partial charge on any atom is 0.0364 e. The van der Waals surface area contributed by atoms with Crippen molar-refractivity contribution in [3.63, 3.8) is 0 Å². The molecule has 102 valence electrons. The summed E-state index contributed by atoms with van der Waals surface area (Å²) in [5, 5.41) is 3.62. The van der Waals surface area contributed by atoms with Crippen molar-refractivity contribution < 1.29 is 0 Å². The number of rotatable bonds is 6. The number of aromatic nitrogens is 1. The fraction of sp³-hybridized carbons (Fsp3) is 0.412. The van der Waals surface area contributed by atoms with Gasteiger partial charge in [0, 0.05) is 31.0 Å². The van der Waals surface area contributed by atoms with Gasteiger partial charge in [0.1, 0.15) is 0 Å². The summed E-state index contributed by atoms with van der Waals surface area (Å²) in [7, 11) is 0. The van der Waals surface area contributed by atoms with E-state index in [9.17, 15) is 0 Å². The molecule has 2 aromatic rings. The first-order valence-electron chi connectivity index (χ1n) is 7.15. The minimum atomic E-state index is 0.381. The Balaban J connectivity index is 1.98. The molecule has 0 saturated heterocycles. The number of nitrogens with zero attached hydrogens (tertiary/aromatic N) is 1. The molecule has 0 bridgehead atoms. The molecule has 0 aliphatic rings. The second-order valence-corrected chi connectivity index (χ2v) is 5.15. The van der Waals surface area contributed by atoms with Crippen LogP contribution in [0.3, 0.4) is 0 Å². The quantitative estimate of drug-likeness (QED) is 0.825. The van der Waals surface area contributed by atoms with E-state index in [1.807, 2.05) is 0 Å². The third kappa shape index (κ3) is 3.48. The van der Waals surface area contributed by atoms with Crippen molar-refractivity contribution in [2.45, 2.75) is 46.3 Å². The molecule has 1 N–H and O–H groups in total. The minimum Gasteiger partial charge on any atom is -0.350 e. The smallest absolute Gasteiger partial charge is 0.0364 e. The first kappa shape index (κ1) is 13.9. The molecule has 2 nitrogen and oxygen atoms in total. The summed E-state index contributed by atoms with van der Waals surface area (Å²) in [4.78, 5) is 0. The maximum atomic E-state index is 3.62. The van der Waals surface area contributed by atoms with Gasteiger partial charge in [-0.25, -0.2) is 0 Å². The van der Waals surface area contributed by atoms with E-state index >= 15 is 0 Å². The lowest BCUT2D eigenvalue weighted by molar-refractivity contribution is 0.540. The van der Waals surface area contributed by atoms with Crippen LogP contribution in [0, 0.1) is 6.92 Å². The van der Waals surface area contributed by atoms with Crippen LogP contribution in [-0.4, -0.2) is 4.57 Å². The van der Waals surface area contributed by atoms with Gasteiger partial charge in [-0.05, 0) is 43.5 Å². The molecule has 0 amide bonds. The van der Waals surface area contributed by atoms with Crippen molar-refractivity contribution in [2.24, 2.45) is 0 Å². The maximum absolute atomic E-state index is 3.62. The average Bonchev–Trinajstić information content (AvgIpc) is 2.84. The van der Waals surface area contributed by atoms with E-state index in [1.54, 1.807) is 0 Å². The zero-order chi connectivity index (χ0) is 13.7. The minimum absolute atomic E-state index is 0.381. The molecular formula is C17H24N2. The third-order valence-electron chi connectivity index (χ3n) is 3.63. The SMILES string of the molecule is CCCn1cccc1CN[C@H](C)c1ccccc1C. The van der Waals surface area contributed by atoms with E-state index in [1.165, 1.54) is 23.2 Å². The second-order valence-electron chi connectivity index (χ2n) is 5.15. The molecule has 1 aromatic heterocycles. The van der Waals surface area contributed by atoms with Crippen LogP contribution in [0.1, 0.15) is 43.1 Å². The van der Waals surface area contributed by atoms with E-state index in [4.69, 9.17) is 0 Å². The van der Waals surface area contributed by atoms with E-state index in [2.05, 4.69) is 73.3 Å². The molecule has 0 aliphatic heterocycles. The summed E-state index contributed by atoms with van der Waals surface area (Å²) in [5.74, 6) is 0. The number of hydrogen-bond acceptors (Lipinski definition) is 1. The highest BCUT2D eigenvalue weighted by Crippen LogP contribution is 2.17. The van der Waals surface area contributed by atoms with E-state index in [-0.39, 0.29) is 0 Å². The molecule has 2 heteroatoms. The molecule has 19 heavy (non-hydrogen) atoms. The molecule has 2 rings (SSSR count). The zero-order valence-corrected chi connectivity index (χ0v) is 12.2. The van der Waals surface area contributed by atoms with Crippen molar-refractivity contribution >= 4 is 0 Å². The summed E-state index contributed by atoms with van der Waals surface area (Å²) >= 11 is 0. The molecule has 1 heterocycles. The van der Waals surface area contributed by atoms with Crippen LogP contribution in [0.15, 0.2) is 42.6 Å². The Kier molecular flexibility index (Phi) is 4.80. The van der Waals surface area contributed by atoms with E-state index in [0.29, 0.717) is 6.04 Å². The lowest BCUT2D eigenvalue weighted by Crippen LogP contribution is -2.20. The molecule has 1 atom stereocenters. The fourth-order valence-electron chi connectivity index (χ4n) is 2.51. The van der Waals surface area contributed by atoms with Gasteiger partial charge in [0.25, 0.3) is 0 Å². The molecule has 0 saturated carbocycles. The van der Waals surface area contributed by atoms with Crippen LogP contribution in [0.2, 0.25) is 0 Å². The lowest BCUT2D eigenvalue weighted by Gasteiger charge is -2.17.